The number of fused-ring (bicyclic) bond motifs is 2. The Labute approximate surface area is 297 Å². The van der Waals surface area contributed by atoms with Crippen LogP contribution in [0, 0.1) is 0 Å². The number of rotatable bonds is 17. The van der Waals surface area contributed by atoms with E-state index in [1.165, 1.54) is 10.9 Å². The Morgan fingerprint density at radius 3 is 2.60 bits per heavy atom. The van der Waals surface area contributed by atoms with Crippen molar-refractivity contribution in [2.75, 3.05) is 31.2 Å². The van der Waals surface area contributed by atoms with Gasteiger partial charge in [0.25, 0.3) is 0 Å². The highest BCUT2D eigenvalue weighted by molar-refractivity contribution is 8.00. The number of amides is 4. The number of unbranched alkanes of at least 4 members (excludes halogenated alkanes) is 1. The molecule has 4 amide bonds. The summed E-state index contributed by atoms with van der Waals surface area (Å²) in [5, 5.41) is 22.3. The molecule has 0 spiro atoms. The number of carbonyl (C=O) groups is 3. The summed E-state index contributed by atoms with van der Waals surface area (Å²) in [6.07, 6.45) is -2.70. The second-order valence-electron chi connectivity index (χ2n) is 11.7. The number of aromatic nitrogens is 4. The molecule has 290 valence electrons. The van der Waals surface area contributed by atoms with Gasteiger partial charge in [0, 0.05) is 30.5 Å². The highest BCUT2D eigenvalue weighted by atomic mass is 32.2. The lowest BCUT2D eigenvalue weighted by atomic mass is 10.0. The molecule has 3 aliphatic heterocycles. The van der Waals surface area contributed by atoms with Crippen LogP contribution in [0.15, 0.2) is 12.7 Å². The third-order valence-electron chi connectivity index (χ3n) is 7.88. The average molecular weight is 819 g/mol. The highest BCUT2D eigenvalue weighted by Crippen LogP contribution is 2.61. The molecule has 0 saturated carbocycles. The van der Waals surface area contributed by atoms with Gasteiger partial charge in [-0.15, -0.1) is 4.86 Å². The van der Waals surface area contributed by atoms with Crippen LogP contribution in [0.4, 0.5) is 15.4 Å². The zero-order valence-electron chi connectivity index (χ0n) is 26.8. The maximum atomic E-state index is 12.7. The molecule has 0 bridgehead atoms. The first-order chi connectivity index (χ1) is 24.4. The summed E-state index contributed by atoms with van der Waals surface area (Å²) in [5.74, 6) is 0.582. The van der Waals surface area contributed by atoms with E-state index in [0.29, 0.717) is 6.42 Å². The number of aliphatic hydroxyl groups excluding tert-OH is 1. The number of anilines is 1. The van der Waals surface area contributed by atoms with Crippen molar-refractivity contribution in [1.82, 2.24) is 45.6 Å². The van der Waals surface area contributed by atoms with Crippen LogP contribution >= 0.6 is 35.1 Å². The topological polar surface area (TPSA) is 370 Å². The highest BCUT2D eigenvalue weighted by Gasteiger charge is 2.49. The zero-order valence-corrected chi connectivity index (χ0v) is 30.3. The van der Waals surface area contributed by atoms with Crippen LogP contribution < -0.4 is 31.9 Å². The molecule has 2 aromatic rings. The third-order valence-corrected chi connectivity index (χ3v) is 13.6. The number of carbonyl (C=O) groups excluding carboxylic acids is 3. The molecular formula is C23H37N10O15P3S. The van der Waals surface area contributed by atoms with Crippen LogP contribution in [0.3, 0.4) is 0 Å². The van der Waals surface area contributed by atoms with E-state index in [2.05, 4.69) is 40.5 Å². The largest absolute Gasteiger partial charge is 0.480 e. The van der Waals surface area contributed by atoms with Gasteiger partial charge in [0.2, 0.25) is 5.91 Å². The number of hydrogen-bond acceptors (Lipinski definition) is 16. The number of urea groups is 1. The minimum absolute atomic E-state index is 0.00894. The fourth-order valence-corrected chi connectivity index (χ4v) is 10.7. The van der Waals surface area contributed by atoms with Crippen LogP contribution in [-0.2, 0) is 36.8 Å². The van der Waals surface area contributed by atoms with Crippen LogP contribution in [0.2, 0.25) is 0 Å². The predicted molar refractivity (Wildman–Crippen MR) is 177 cm³/mol. The molecule has 3 fully saturated rings. The number of aliphatic hydroxyl groups is 1. The van der Waals surface area contributed by atoms with Gasteiger partial charge in [-0.25, -0.2) is 38.2 Å². The molecule has 52 heavy (non-hydrogen) atoms. The smallest absolute Gasteiger partial charge is 0.440 e. The predicted octanol–water partition coefficient (Wildman–Crippen LogP) is -1.48. The lowest BCUT2D eigenvalue weighted by Crippen LogP contribution is -2.42. The molecule has 2 unspecified atom stereocenters. The fourth-order valence-electron chi connectivity index (χ4n) is 5.69. The Bertz CT molecular complexity index is 1790. The van der Waals surface area contributed by atoms with Gasteiger partial charge in [-0.1, -0.05) is 6.42 Å². The minimum Gasteiger partial charge on any atom is -0.440 e. The summed E-state index contributed by atoms with van der Waals surface area (Å²) in [6, 6.07) is 0.0449. The maximum absolute atomic E-state index is 12.7. The number of nitrogens with two attached hydrogens (primary N) is 1. The summed E-state index contributed by atoms with van der Waals surface area (Å²) < 4.78 is 56.2. The Morgan fingerprint density at radius 1 is 1.10 bits per heavy atom. The number of hydrogen-bond donors (Lipinski definition) is 11. The number of nitrogens with zero attached hydrogens (tertiary/aromatic N) is 4. The average Bonchev–Trinajstić information content (AvgIpc) is 3.79. The molecule has 0 radical (unpaired) electrons. The Hall–Kier alpha value is -2.96. The van der Waals surface area contributed by atoms with Crippen LogP contribution in [0.1, 0.15) is 31.9 Å². The van der Waals surface area contributed by atoms with Crippen LogP contribution in [0.25, 0.3) is 11.2 Å². The summed E-state index contributed by atoms with van der Waals surface area (Å²) >= 11 is 1.78. The number of ether oxygens (including phenoxy) is 2. The lowest BCUT2D eigenvalue weighted by Gasteiger charge is -2.22. The number of phosphoric acid groups is 1. The molecule has 0 aliphatic carbocycles. The number of imidazole rings is 1. The van der Waals surface area contributed by atoms with E-state index in [1.807, 2.05) is 0 Å². The summed E-state index contributed by atoms with van der Waals surface area (Å²) in [4.78, 5) is 86.5. The van der Waals surface area contributed by atoms with Gasteiger partial charge in [0.05, 0.1) is 25.0 Å². The van der Waals surface area contributed by atoms with E-state index >= 15 is 0 Å². The molecule has 12 N–H and O–H groups in total. The zero-order chi connectivity index (χ0) is 37.8. The summed E-state index contributed by atoms with van der Waals surface area (Å²) in [5.41, 5.74) is 6.03. The molecule has 0 aromatic carbocycles. The molecule has 5 rings (SSSR count). The van der Waals surface area contributed by atoms with Crippen molar-refractivity contribution >= 4 is 70.1 Å². The Kier molecular flexibility index (Phi) is 12.8. The van der Waals surface area contributed by atoms with Crippen molar-refractivity contribution in [3.05, 3.63) is 12.7 Å². The lowest BCUT2D eigenvalue weighted by molar-refractivity contribution is -0.121. The second-order valence-corrected chi connectivity index (χ2v) is 17.7. The van der Waals surface area contributed by atoms with Gasteiger partial charge in [0.1, 0.15) is 24.1 Å². The first kappa shape index (κ1) is 40.2. The number of nitrogens with one attached hydrogen (secondary N) is 5. The third kappa shape index (κ3) is 10.6. The molecular weight excluding hydrogens is 781 g/mol. The quantitative estimate of drug-likeness (QED) is 0.0492. The summed E-state index contributed by atoms with van der Waals surface area (Å²) in [7, 11) is -16.6. The van der Waals surface area contributed by atoms with Crippen LogP contribution in [-0.4, -0.2) is 123 Å². The SMILES string of the molecule is Nc1ncnc2c1ncn2[C@@H]1O[C@H](COP(=O)(O)OP(=O)(O)NP(=O)(O)O)[C@@H](OC(=O)NCCNC(=O)CCCC[C@@H]2SC[C@@H]3NC(=O)N[C@@H]32)[C@H]1O. The molecule has 3 aliphatic rings. The Morgan fingerprint density at radius 2 is 1.85 bits per heavy atom. The van der Waals surface area contributed by atoms with Crippen molar-refractivity contribution in [3.8, 4) is 0 Å². The van der Waals surface area contributed by atoms with Gasteiger partial charge in [-0.05, 0) is 12.8 Å². The van der Waals surface area contributed by atoms with Crippen molar-refractivity contribution in [2.45, 2.75) is 67.6 Å². The van der Waals surface area contributed by atoms with E-state index in [1.54, 1.807) is 11.8 Å². The van der Waals surface area contributed by atoms with E-state index < -0.39 is 60.6 Å². The minimum atomic E-state index is -5.59. The normalized spacial score (nSPS) is 28.0. The number of nitrogen functional groups attached to an aromatic ring is 1. The van der Waals surface area contributed by atoms with E-state index in [9.17, 15) is 43.0 Å². The maximum Gasteiger partial charge on any atom is 0.480 e. The van der Waals surface area contributed by atoms with Gasteiger partial charge in [-0.2, -0.15) is 16.1 Å². The van der Waals surface area contributed by atoms with Gasteiger partial charge in [0.15, 0.2) is 23.8 Å². The second kappa shape index (κ2) is 16.6. The molecule has 9 atom stereocenters. The first-order valence-electron chi connectivity index (χ1n) is 15.4. The number of thioether (sulfide) groups is 1. The number of phosphoric ester groups is 1. The van der Waals surface area contributed by atoms with Crippen molar-refractivity contribution < 1.29 is 71.1 Å². The van der Waals surface area contributed by atoms with Gasteiger partial charge >= 0.3 is 35.4 Å². The fraction of sp³-hybridized carbons (Fsp3) is 0.652. The van der Waals surface area contributed by atoms with Crippen LogP contribution in [0.5, 0.6) is 0 Å². The Balaban J connectivity index is 1.12. The first-order valence-corrected chi connectivity index (χ1v) is 21.2. The molecule has 3 saturated heterocycles. The van der Waals surface area contributed by atoms with Crippen molar-refractivity contribution in [1.29, 1.82) is 0 Å². The van der Waals surface area contributed by atoms with E-state index in [4.69, 9.17) is 29.5 Å². The van der Waals surface area contributed by atoms with Gasteiger partial charge in [-0.3, -0.25) is 13.9 Å². The van der Waals surface area contributed by atoms with E-state index in [-0.39, 0.29) is 65.8 Å². The monoisotopic (exact) mass is 818 g/mol. The van der Waals surface area contributed by atoms with Gasteiger partial charge < -0.3 is 61.2 Å². The molecule has 5 heterocycles. The molecule has 2 aromatic heterocycles. The number of alkyl carbamates (subject to hydrolysis) is 1. The van der Waals surface area contributed by atoms with Crippen molar-refractivity contribution in [3.63, 3.8) is 0 Å². The van der Waals surface area contributed by atoms with Crippen molar-refractivity contribution in [2.24, 2.45) is 0 Å². The van der Waals surface area contributed by atoms with E-state index in [0.717, 1.165) is 29.8 Å². The molecule has 29 heteroatoms. The summed E-state index contributed by atoms with van der Waals surface area (Å²) in [6.45, 7) is -1.13. The standard InChI is InChI=1S/C23H37N10O15P3S/c24-19-16-20(28-9-27-19)33(10-29-16)21-17(35)18(12(46-21)7-45-51(43,44)48-50(41,42)32-49(38,39)40)47-23(37)26-6-5-25-14(34)4-2-1-3-13-15-11(8-52-13)30-22(36)31-15/h9-13,15,17-18,21,35H,1-8H2,(H,25,34)(H,26,37)(H,43,44)(H2,24,27,28)(H2,30,31,36)(H4,32,38,39,40,41,42)/t11-,12+,13-,15-,17+,18+,21+/m0/s1. The molecule has 25 nitrogen and oxygen atoms in total.